The number of hydrogen-bond donors (Lipinski definition) is 0. The van der Waals surface area contributed by atoms with Gasteiger partial charge in [0.1, 0.15) is 0 Å². The summed E-state index contributed by atoms with van der Waals surface area (Å²) >= 11 is 1.68. The van der Waals surface area contributed by atoms with E-state index in [1.54, 1.807) is 11.3 Å². The Morgan fingerprint density at radius 3 is 2.76 bits per heavy atom. The van der Waals surface area contributed by atoms with Crippen molar-refractivity contribution in [2.75, 3.05) is 0 Å². The van der Waals surface area contributed by atoms with Crippen LogP contribution in [-0.2, 0) is 19.3 Å². The van der Waals surface area contributed by atoms with Gasteiger partial charge in [-0.05, 0) is 22.8 Å². The molecule has 1 heterocycles. The standard InChI is InChI=1S/C18H16N2S/c1-2-16-17(10-11-19)21-18(20-16)12-14-8-5-7-13-6-3-4-9-15(13)14/h3-9H,2,10,12H2,1H3. The van der Waals surface area contributed by atoms with Crippen LogP contribution in [0.5, 0.6) is 0 Å². The molecule has 2 nitrogen and oxygen atoms in total. The molecule has 0 spiro atoms. The SMILES string of the molecule is CCc1nc(Cc2cccc3ccccc23)sc1CC#N. The Balaban J connectivity index is 1.97. The van der Waals surface area contributed by atoms with Gasteiger partial charge in [0, 0.05) is 11.3 Å². The molecule has 3 rings (SSSR count). The molecule has 2 aromatic carbocycles. The number of hydrogen-bond acceptors (Lipinski definition) is 3. The summed E-state index contributed by atoms with van der Waals surface area (Å²) in [6.07, 6.45) is 2.20. The van der Waals surface area contributed by atoms with Crippen LogP contribution in [0.25, 0.3) is 10.8 Å². The normalized spacial score (nSPS) is 10.7. The third-order valence-electron chi connectivity index (χ3n) is 3.62. The van der Waals surface area contributed by atoms with E-state index in [9.17, 15) is 0 Å². The Hall–Kier alpha value is -2.18. The summed E-state index contributed by atoms with van der Waals surface area (Å²) in [5, 5.41) is 12.6. The van der Waals surface area contributed by atoms with Gasteiger partial charge in [-0.2, -0.15) is 5.26 Å². The number of fused-ring (bicyclic) bond motifs is 1. The van der Waals surface area contributed by atoms with Gasteiger partial charge in [-0.3, -0.25) is 0 Å². The summed E-state index contributed by atoms with van der Waals surface area (Å²) < 4.78 is 0. The summed E-state index contributed by atoms with van der Waals surface area (Å²) in [4.78, 5) is 5.84. The molecule has 0 saturated carbocycles. The quantitative estimate of drug-likeness (QED) is 0.709. The van der Waals surface area contributed by atoms with Gasteiger partial charge in [0.05, 0.1) is 23.2 Å². The maximum absolute atomic E-state index is 8.91. The molecule has 0 aliphatic rings. The van der Waals surface area contributed by atoms with Crippen molar-refractivity contribution < 1.29 is 0 Å². The molecule has 0 radical (unpaired) electrons. The molecule has 0 fully saturated rings. The second-order valence-corrected chi connectivity index (χ2v) is 6.15. The third-order valence-corrected chi connectivity index (χ3v) is 4.72. The number of benzene rings is 2. The van der Waals surface area contributed by atoms with E-state index in [0.717, 1.165) is 28.4 Å². The van der Waals surface area contributed by atoms with Gasteiger partial charge in [-0.1, -0.05) is 49.4 Å². The average molecular weight is 292 g/mol. The van der Waals surface area contributed by atoms with E-state index in [4.69, 9.17) is 10.2 Å². The van der Waals surface area contributed by atoms with E-state index >= 15 is 0 Å². The first kappa shape index (κ1) is 13.8. The summed E-state index contributed by atoms with van der Waals surface area (Å²) in [5.41, 5.74) is 2.38. The molecule has 104 valence electrons. The van der Waals surface area contributed by atoms with Crippen molar-refractivity contribution in [3.05, 3.63) is 63.6 Å². The number of nitriles is 1. The van der Waals surface area contributed by atoms with Crippen LogP contribution >= 0.6 is 11.3 Å². The van der Waals surface area contributed by atoms with Crippen molar-refractivity contribution in [1.29, 1.82) is 5.26 Å². The highest BCUT2D eigenvalue weighted by molar-refractivity contribution is 7.11. The summed E-state index contributed by atoms with van der Waals surface area (Å²) in [5.74, 6) is 0. The molecule has 3 heteroatoms. The number of rotatable bonds is 4. The monoisotopic (exact) mass is 292 g/mol. The highest BCUT2D eigenvalue weighted by atomic mass is 32.1. The predicted molar refractivity (Wildman–Crippen MR) is 87.6 cm³/mol. The van der Waals surface area contributed by atoms with Gasteiger partial charge < -0.3 is 0 Å². The van der Waals surface area contributed by atoms with Crippen LogP contribution in [0.3, 0.4) is 0 Å². The van der Waals surface area contributed by atoms with Crippen molar-refractivity contribution in [2.24, 2.45) is 0 Å². The highest BCUT2D eigenvalue weighted by Crippen LogP contribution is 2.25. The number of aromatic nitrogens is 1. The fourth-order valence-electron chi connectivity index (χ4n) is 2.61. The van der Waals surface area contributed by atoms with Crippen LogP contribution in [-0.4, -0.2) is 4.98 Å². The van der Waals surface area contributed by atoms with Gasteiger partial charge in [-0.25, -0.2) is 4.98 Å². The lowest BCUT2D eigenvalue weighted by Crippen LogP contribution is -1.90. The first-order valence-electron chi connectivity index (χ1n) is 7.13. The lowest BCUT2D eigenvalue weighted by Gasteiger charge is -2.04. The Labute approximate surface area is 128 Å². The lowest BCUT2D eigenvalue weighted by atomic mass is 10.0. The lowest BCUT2D eigenvalue weighted by molar-refractivity contribution is 0.998. The zero-order valence-electron chi connectivity index (χ0n) is 12.0. The maximum atomic E-state index is 8.91. The molecule has 0 bridgehead atoms. The second kappa shape index (κ2) is 6.07. The second-order valence-electron chi connectivity index (χ2n) is 4.98. The highest BCUT2D eigenvalue weighted by Gasteiger charge is 2.11. The van der Waals surface area contributed by atoms with E-state index in [1.807, 2.05) is 0 Å². The summed E-state index contributed by atoms with van der Waals surface area (Å²) in [7, 11) is 0. The topological polar surface area (TPSA) is 36.7 Å². The van der Waals surface area contributed by atoms with Gasteiger partial charge in [0.15, 0.2) is 0 Å². The Morgan fingerprint density at radius 1 is 1.14 bits per heavy atom. The molecular formula is C18H16N2S. The van der Waals surface area contributed by atoms with Crippen molar-refractivity contribution in [3.8, 4) is 6.07 Å². The zero-order chi connectivity index (χ0) is 14.7. The number of nitrogens with zero attached hydrogens (tertiary/aromatic N) is 2. The minimum absolute atomic E-state index is 0.469. The molecular weight excluding hydrogens is 276 g/mol. The molecule has 0 unspecified atom stereocenters. The first-order valence-corrected chi connectivity index (χ1v) is 7.94. The van der Waals surface area contributed by atoms with Crippen LogP contribution < -0.4 is 0 Å². The van der Waals surface area contributed by atoms with Crippen molar-refractivity contribution in [3.63, 3.8) is 0 Å². The minimum Gasteiger partial charge on any atom is -0.246 e. The van der Waals surface area contributed by atoms with E-state index in [0.29, 0.717) is 6.42 Å². The van der Waals surface area contributed by atoms with E-state index in [-0.39, 0.29) is 0 Å². The number of aryl methyl sites for hydroxylation is 1. The molecule has 21 heavy (non-hydrogen) atoms. The Morgan fingerprint density at radius 2 is 1.95 bits per heavy atom. The van der Waals surface area contributed by atoms with Crippen LogP contribution in [0.2, 0.25) is 0 Å². The predicted octanol–water partition coefficient (Wildman–Crippen LogP) is 4.52. The molecule has 0 aliphatic carbocycles. The molecule has 0 saturated heterocycles. The molecule has 1 aromatic heterocycles. The Kier molecular flexibility index (Phi) is 3.98. The van der Waals surface area contributed by atoms with E-state index in [2.05, 4.69) is 55.5 Å². The van der Waals surface area contributed by atoms with Gasteiger partial charge >= 0.3 is 0 Å². The fraction of sp³-hybridized carbons (Fsp3) is 0.222. The van der Waals surface area contributed by atoms with Gasteiger partial charge in [-0.15, -0.1) is 11.3 Å². The van der Waals surface area contributed by atoms with Crippen LogP contribution in [0.15, 0.2) is 42.5 Å². The van der Waals surface area contributed by atoms with Gasteiger partial charge in [0.25, 0.3) is 0 Å². The molecule has 0 aliphatic heterocycles. The van der Waals surface area contributed by atoms with Crippen LogP contribution in [0.1, 0.15) is 28.1 Å². The molecule has 0 N–H and O–H groups in total. The smallest absolute Gasteiger partial charge is 0.0975 e. The zero-order valence-corrected chi connectivity index (χ0v) is 12.8. The largest absolute Gasteiger partial charge is 0.246 e. The van der Waals surface area contributed by atoms with Crippen molar-refractivity contribution in [1.82, 2.24) is 4.98 Å². The van der Waals surface area contributed by atoms with E-state index in [1.165, 1.54) is 16.3 Å². The summed E-state index contributed by atoms with van der Waals surface area (Å²) in [6, 6.07) is 17.1. The van der Waals surface area contributed by atoms with Crippen LogP contribution in [0, 0.1) is 11.3 Å². The van der Waals surface area contributed by atoms with E-state index < -0.39 is 0 Å². The van der Waals surface area contributed by atoms with Gasteiger partial charge in [0.2, 0.25) is 0 Å². The molecule has 3 aromatic rings. The van der Waals surface area contributed by atoms with Crippen molar-refractivity contribution >= 4 is 22.1 Å². The third kappa shape index (κ3) is 2.81. The number of thiazole rings is 1. The molecule has 0 atom stereocenters. The maximum Gasteiger partial charge on any atom is 0.0975 e. The molecule has 0 amide bonds. The summed E-state index contributed by atoms with van der Waals surface area (Å²) in [6.45, 7) is 2.09. The minimum atomic E-state index is 0.469. The van der Waals surface area contributed by atoms with Crippen molar-refractivity contribution in [2.45, 2.75) is 26.2 Å². The Bertz CT molecular complexity index is 806. The first-order chi connectivity index (χ1) is 10.3. The van der Waals surface area contributed by atoms with Crippen LogP contribution in [0.4, 0.5) is 0 Å². The average Bonchev–Trinajstić information content (AvgIpc) is 2.90. The fourth-order valence-corrected chi connectivity index (χ4v) is 3.72.